The average Bonchev–Trinajstić information content (AvgIpc) is 3.09. The summed E-state index contributed by atoms with van der Waals surface area (Å²) in [7, 11) is 0. The van der Waals surface area contributed by atoms with E-state index < -0.39 is 0 Å². The minimum absolute atomic E-state index is 0.0627. The van der Waals surface area contributed by atoms with Crippen molar-refractivity contribution < 1.29 is 9.32 Å². The van der Waals surface area contributed by atoms with Crippen molar-refractivity contribution in [2.45, 2.75) is 52.6 Å². The molecule has 21 heavy (non-hydrogen) atoms. The highest BCUT2D eigenvalue weighted by Crippen LogP contribution is 2.19. The van der Waals surface area contributed by atoms with Gasteiger partial charge in [0.25, 0.3) is 0 Å². The molecule has 1 unspecified atom stereocenters. The molecule has 0 radical (unpaired) electrons. The number of fused-ring (bicyclic) bond motifs is 1. The summed E-state index contributed by atoms with van der Waals surface area (Å²) < 4.78 is 7.18. The third-order valence-corrected chi connectivity index (χ3v) is 3.92. The highest BCUT2D eigenvalue weighted by molar-refractivity contribution is 5.79. The third kappa shape index (κ3) is 2.55. The number of hydrogen-bond acceptors (Lipinski definition) is 5. The van der Waals surface area contributed by atoms with E-state index in [0.717, 1.165) is 42.3 Å². The van der Waals surface area contributed by atoms with Crippen LogP contribution in [0.25, 0.3) is 0 Å². The van der Waals surface area contributed by atoms with Gasteiger partial charge < -0.3 is 14.4 Å². The Morgan fingerprint density at radius 1 is 1.43 bits per heavy atom. The van der Waals surface area contributed by atoms with Gasteiger partial charge in [-0.05, 0) is 27.2 Å². The molecule has 1 N–H and O–H groups in total. The molecule has 7 heteroatoms. The van der Waals surface area contributed by atoms with Crippen LogP contribution in [0.5, 0.6) is 0 Å². The normalized spacial score (nSPS) is 15.0. The Morgan fingerprint density at radius 2 is 2.24 bits per heavy atom. The second kappa shape index (κ2) is 5.31. The molecule has 0 aromatic carbocycles. The summed E-state index contributed by atoms with van der Waals surface area (Å²) in [4.78, 5) is 12.2. The number of hydrogen-bond donors (Lipinski definition) is 1. The molecule has 0 bridgehead atoms. The molecule has 0 aliphatic carbocycles. The maximum Gasteiger partial charge on any atom is 0.225 e. The predicted molar refractivity (Wildman–Crippen MR) is 74.6 cm³/mol. The maximum absolute atomic E-state index is 12.2. The van der Waals surface area contributed by atoms with Crippen molar-refractivity contribution in [2.75, 3.05) is 0 Å². The smallest absolute Gasteiger partial charge is 0.225 e. The lowest BCUT2D eigenvalue weighted by Gasteiger charge is -2.13. The van der Waals surface area contributed by atoms with Crippen molar-refractivity contribution in [3.63, 3.8) is 0 Å². The number of nitrogens with zero attached hydrogens (tertiary/aromatic N) is 4. The number of aromatic nitrogens is 4. The van der Waals surface area contributed by atoms with Crippen molar-refractivity contribution in [1.29, 1.82) is 0 Å². The standard InChI is InChI=1S/C14H19N5O2/c1-8-11(10(3)21-18-8)7-13(20)15-9(2)14-17-16-12-5-4-6-19(12)14/h9H,4-7H2,1-3H3,(H,15,20). The Kier molecular flexibility index (Phi) is 3.48. The van der Waals surface area contributed by atoms with Gasteiger partial charge in [-0.3, -0.25) is 4.79 Å². The highest BCUT2D eigenvalue weighted by Gasteiger charge is 2.23. The van der Waals surface area contributed by atoms with E-state index in [0.29, 0.717) is 5.76 Å². The fourth-order valence-electron chi connectivity index (χ4n) is 2.77. The van der Waals surface area contributed by atoms with Gasteiger partial charge in [-0.15, -0.1) is 10.2 Å². The van der Waals surface area contributed by atoms with Gasteiger partial charge in [0.2, 0.25) is 5.91 Å². The number of aryl methyl sites for hydroxylation is 3. The molecule has 1 aliphatic heterocycles. The van der Waals surface area contributed by atoms with E-state index in [2.05, 4.69) is 25.2 Å². The first-order valence-electron chi connectivity index (χ1n) is 7.19. The molecule has 0 spiro atoms. The van der Waals surface area contributed by atoms with Gasteiger partial charge in [0, 0.05) is 18.5 Å². The van der Waals surface area contributed by atoms with E-state index in [1.165, 1.54) is 0 Å². The minimum Gasteiger partial charge on any atom is -0.361 e. The van der Waals surface area contributed by atoms with E-state index in [1.54, 1.807) is 0 Å². The molecule has 112 valence electrons. The first kappa shape index (κ1) is 13.8. The Labute approximate surface area is 122 Å². The second-order valence-electron chi connectivity index (χ2n) is 5.50. The summed E-state index contributed by atoms with van der Waals surface area (Å²) in [5.41, 5.74) is 1.62. The van der Waals surface area contributed by atoms with Crippen molar-refractivity contribution in [2.24, 2.45) is 0 Å². The first-order valence-corrected chi connectivity index (χ1v) is 7.19. The van der Waals surface area contributed by atoms with Crippen LogP contribution in [0.15, 0.2) is 4.52 Å². The number of carbonyl (C=O) groups is 1. The summed E-state index contributed by atoms with van der Waals surface area (Å²) in [6.07, 6.45) is 2.33. The summed E-state index contributed by atoms with van der Waals surface area (Å²) in [5, 5.41) is 15.2. The van der Waals surface area contributed by atoms with Crippen LogP contribution >= 0.6 is 0 Å². The zero-order chi connectivity index (χ0) is 15.0. The topological polar surface area (TPSA) is 85.8 Å². The Bertz CT molecular complexity index is 653. The summed E-state index contributed by atoms with van der Waals surface area (Å²) in [6.45, 7) is 6.52. The molecule has 7 nitrogen and oxygen atoms in total. The number of nitrogens with one attached hydrogen (secondary N) is 1. The molecule has 1 aliphatic rings. The molecule has 1 amide bonds. The zero-order valence-corrected chi connectivity index (χ0v) is 12.5. The van der Waals surface area contributed by atoms with Crippen LogP contribution in [0.3, 0.4) is 0 Å². The SMILES string of the molecule is Cc1noc(C)c1CC(=O)NC(C)c1nnc2n1CCC2. The van der Waals surface area contributed by atoms with Gasteiger partial charge in [0.15, 0.2) is 5.82 Å². The van der Waals surface area contributed by atoms with Crippen LogP contribution < -0.4 is 5.32 Å². The third-order valence-electron chi connectivity index (χ3n) is 3.92. The van der Waals surface area contributed by atoms with Crippen molar-refractivity contribution >= 4 is 5.91 Å². The van der Waals surface area contributed by atoms with Gasteiger partial charge in [0.05, 0.1) is 18.2 Å². The fourth-order valence-corrected chi connectivity index (χ4v) is 2.77. The van der Waals surface area contributed by atoms with Crippen LogP contribution in [0.2, 0.25) is 0 Å². The van der Waals surface area contributed by atoms with Crippen molar-refractivity contribution in [3.8, 4) is 0 Å². The van der Waals surface area contributed by atoms with E-state index in [-0.39, 0.29) is 18.4 Å². The number of carbonyl (C=O) groups excluding carboxylic acids is 1. The van der Waals surface area contributed by atoms with Crippen molar-refractivity contribution in [1.82, 2.24) is 25.2 Å². The first-order chi connectivity index (χ1) is 10.1. The molecule has 3 rings (SSSR count). The Morgan fingerprint density at radius 3 is 2.95 bits per heavy atom. The van der Waals surface area contributed by atoms with Crippen LogP contribution in [0.4, 0.5) is 0 Å². The van der Waals surface area contributed by atoms with E-state index in [1.807, 2.05) is 20.8 Å². The quantitative estimate of drug-likeness (QED) is 0.915. The van der Waals surface area contributed by atoms with E-state index in [4.69, 9.17) is 4.52 Å². The fraction of sp³-hybridized carbons (Fsp3) is 0.571. The molecule has 0 saturated heterocycles. The number of rotatable bonds is 4. The average molecular weight is 289 g/mol. The molecule has 1 atom stereocenters. The molecular weight excluding hydrogens is 270 g/mol. The lowest BCUT2D eigenvalue weighted by atomic mass is 10.1. The Hall–Kier alpha value is -2.18. The van der Waals surface area contributed by atoms with E-state index in [9.17, 15) is 4.79 Å². The monoisotopic (exact) mass is 289 g/mol. The lowest BCUT2D eigenvalue weighted by molar-refractivity contribution is -0.121. The summed E-state index contributed by atoms with van der Waals surface area (Å²) in [6, 6.07) is -0.155. The van der Waals surface area contributed by atoms with Gasteiger partial charge in [0.1, 0.15) is 11.6 Å². The van der Waals surface area contributed by atoms with Gasteiger partial charge >= 0.3 is 0 Å². The molecule has 2 aromatic heterocycles. The van der Waals surface area contributed by atoms with Crippen LogP contribution in [0.1, 0.15) is 48.1 Å². The molecule has 2 aromatic rings. The van der Waals surface area contributed by atoms with Crippen LogP contribution in [0, 0.1) is 13.8 Å². The van der Waals surface area contributed by atoms with Gasteiger partial charge in [-0.1, -0.05) is 5.16 Å². The van der Waals surface area contributed by atoms with Gasteiger partial charge in [-0.25, -0.2) is 0 Å². The molecular formula is C14H19N5O2. The minimum atomic E-state index is -0.155. The molecule has 3 heterocycles. The number of amides is 1. The molecule has 0 fully saturated rings. The lowest BCUT2D eigenvalue weighted by Crippen LogP contribution is -2.30. The van der Waals surface area contributed by atoms with Crippen LogP contribution in [-0.2, 0) is 24.2 Å². The molecule has 0 saturated carbocycles. The second-order valence-corrected chi connectivity index (χ2v) is 5.50. The maximum atomic E-state index is 12.2. The predicted octanol–water partition coefficient (Wildman–Crippen LogP) is 1.25. The van der Waals surface area contributed by atoms with Crippen LogP contribution in [-0.4, -0.2) is 25.8 Å². The Balaban J connectivity index is 1.67. The van der Waals surface area contributed by atoms with Gasteiger partial charge in [-0.2, -0.15) is 0 Å². The van der Waals surface area contributed by atoms with E-state index >= 15 is 0 Å². The zero-order valence-electron chi connectivity index (χ0n) is 12.5. The summed E-state index contributed by atoms with van der Waals surface area (Å²) >= 11 is 0. The van der Waals surface area contributed by atoms with Crippen molar-refractivity contribution in [3.05, 3.63) is 28.7 Å². The summed E-state index contributed by atoms with van der Waals surface area (Å²) in [5.74, 6) is 2.47. The highest BCUT2D eigenvalue weighted by atomic mass is 16.5. The largest absolute Gasteiger partial charge is 0.361 e.